The largest absolute Gasteiger partial charge is 0.394 e. The zero-order valence-corrected chi connectivity index (χ0v) is 15.7. The van der Waals surface area contributed by atoms with Crippen molar-refractivity contribution in [3.8, 4) is 6.07 Å². The normalized spacial score (nSPS) is 22.1. The molecule has 0 radical (unpaired) electrons. The van der Waals surface area contributed by atoms with Crippen molar-refractivity contribution in [1.82, 2.24) is 0 Å². The molecule has 0 unspecified atom stereocenters. The van der Waals surface area contributed by atoms with Crippen molar-refractivity contribution in [2.24, 2.45) is 0 Å². The monoisotopic (exact) mass is 387 g/mol. The third-order valence-corrected chi connectivity index (χ3v) is 5.18. The average molecular weight is 387 g/mol. The lowest BCUT2D eigenvalue weighted by Crippen LogP contribution is -2.33. The first-order valence-corrected chi connectivity index (χ1v) is 9.39. The molecule has 0 spiro atoms. The number of hydrogen-bond donors (Lipinski definition) is 2. The lowest BCUT2D eigenvalue weighted by molar-refractivity contribution is -0.113. The van der Waals surface area contributed by atoms with E-state index in [0.717, 1.165) is 0 Å². The van der Waals surface area contributed by atoms with Crippen LogP contribution in [0.15, 0.2) is 30.3 Å². The van der Waals surface area contributed by atoms with Gasteiger partial charge < -0.3 is 14.9 Å². The van der Waals surface area contributed by atoms with Gasteiger partial charge in [0.15, 0.2) is 0 Å². The summed E-state index contributed by atoms with van der Waals surface area (Å²) in [5, 5.41) is 28.8. The molecule has 1 saturated heterocycles. The van der Waals surface area contributed by atoms with Gasteiger partial charge in [-0.3, -0.25) is 0 Å². The first-order valence-electron chi connectivity index (χ1n) is 9.39. The zero-order chi connectivity index (χ0) is 20.3. The molecule has 4 nitrogen and oxygen atoms in total. The number of benzene rings is 2. The fourth-order valence-electron chi connectivity index (χ4n) is 3.61. The van der Waals surface area contributed by atoms with Crippen LogP contribution in [-0.2, 0) is 17.6 Å². The molecular formula is C22H23F2NO3. The van der Waals surface area contributed by atoms with Gasteiger partial charge in [-0.2, -0.15) is 5.26 Å². The maximum absolute atomic E-state index is 14.4. The van der Waals surface area contributed by atoms with E-state index < -0.39 is 29.9 Å². The van der Waals surface area contributed by atoms with Crippen LogP contribution in [0.2, 0.25) is 0 Å². The lowest BCUT2D eigenvalue weighted by Gasteiger charge is -2.32. The fourth-order valence-corrected chi connectivity index (χ4v) is 3.61. The zero-order valence-electron chi connectivity index (χ0n) is 15.7. The Hall–Kier alpha value is -2.33. The van der Waals surface area contributed by atoms with Gasteiger partial charge in [0.25, 0.3) is 0 Å². The molecule has 28 heavy (non-hydrogen) atoms. The molecule has 0 bridgehead atoms. The van der Waals surface area contributed by atoms with Gasteiger partial charge in [-0.15, -0.1) is 0 Å². The second kappa shape index (κ2) is 8.78. The summed E-state index contributed by atoms with van der Waals surface area (Å²) < 4.78 is 34.6. The Kier molecular flexibility index (Phi) is 6.40. The first-order chi connectivity index (χ1) is 13.4. The summed E-state index contributed by atoms with van der Waals surface area (Å²) in [5.41, 5.74) is 2.02. The van der Waals surface area contributed by atoms with Gasteiger partial charge in [-0.1, -0.05) is 19.1 Å². The lowest BCUT2D eigenvalue weighted by atomic mass is 9.91. The molecule has 1 aliphatic heterocycles. The van der Waals surface area contributed by atoms with Crippen LogP contribution in [0.5, 0.6) is 0 Å². The predicted molar refractivity (Wildman–Crippen MR) is 99.6 cm³/mol. The Morgan fingerprint density at radius 2 is 1.89 bits per heavy atom. The number of aliphatic hydroxyl groups excluding tert-OH is 2. The van der Waals surface area contributed by atoms with Crippen LogP contribution in [0.25, 0.3) is 0 Å². The highest BCUT2D eigenvalue weighted by Crippen LogP contribution is 2.33. The highest BCUT2D eigenvalue weighted by Gasteiger charge is 2.29. The standard InChI is InChI=1S/C22H23F2NO3/c1-2-13-5-20(23)19(21(24)6-13)8-16-7-14(3-4-15(16)11-25)22-10-17(27)9-18(12-26)28-22/h3-7,17-18,22,26-27H,2,8-10,12H2,1H3/t17-,18-,22+/m0/s1. The third-order valence-electron chi connectivity index (χ3n) is 5.18. The molecule has 1 fully saturated rings. The summed E-state index contributed by atoms with van der Waals surface area (Å²) in [4.78, 5) is 0. The molecule has 1 aliphatic rings. The smallest absolute Gasteiger partial charge is 0.129 e. The Bertz CT molecular complexity index is 871. The van der Waals surface area contributed by atoms with Crippen molar-refractivity contribution < 1.29 is 23.7 Å². The molecule has 0 amide bonds. The van der Waals surface area contributed by atoms with Gasteiger partial charge >= 0.3 is 0 Å². The minimum absolute atomic E-state index is 0.0584. The third kappa shape index (κ3) is 4.39. The van der Waals surface area contributed by atoms with Crippen LogP contribution < -0.4 is 0 Å². The molecule has 0 saturated carbocycles. The predicted octanol–water partition coefficient (Wildman–Crippen LogP) is 3.56. The highest BCUT2D eigenvalue weighted by molar-refractivity contribution is 5.44. The van der Waals surface area contributed by atoms with E-state index in [0.29, 0.717) is 41.5 Å². The van der Waals surface area contributed by atoms with E-state index in [9.17, 15) is 24.3 Å². The van der Waals surface area contributed by atoms with E-state index in [1.807, 2.05) is 6.92 Å². The number of rotatable bonds is 5. The van der Waals surface area contributed by atoms with E-state index in [1.54, 1.807) is 18.2 Å². The summed E-state index contributed by atoms with van der Waals surface area (Å²) in [6.45, 7) is 1.63. The summed E-state index contributed by atoms with van der Waals surface area (Å²) in [7, 11) is 0. The molecule has 2 aromatic rings. The van der Waals surface area contributed by atoms with Crippen LogP contribution in [0, 0.1) is 23.0 Å². The van der Waals surface area contributed by atoms with E-state index in [1.165, 1.54) is 12.1 Å². The minimum Gasteiger partial charge on any atom is -0.394 e. The SMILES string of the molecule is CCc1cc(F)c(Cc2cc([C@H]3C[C@@H](O)C[C@@H](CO)O3)ccc2C#N)c(F)c1. The molecule has 2 aromatic carbocycles. The van der Waals surface area contributed by atoms with Crippen molar-refractivity contribution in [2.75, 3.05) is 6.61 Å². The maximum Gasteiger partial charge on any atom is 0.129 e. The number of halogens is 2. The van der Waals surface area contributed by atoms with E-state index in [2.05, 4.69) is 6.07 Å². The molecule has 1 heterocycles. The molecule has 3 rings (SSSR count). The molecular weight excluding hydrogens is 364 g/mol. The maximum atomic E-state index is 14.4. The van der Waals surface area contributed by atoms with E-state index >= 15 is 0 Å². The van der Waals surface area contributed by atoms with Crippen LogP contribution >= 0.6 is 0 Å². The molecule has 2 N–H and O–H groups in total. The van der Waals surface area contributed by atoms with Crippen molar-refractivity contribution >= 4 is 0 Å². The first kappa shape index (κ1) is 20.4. The van der Waals surface area contributed by atoms with Gasteiger partial charge in [0.2, 0.25) is 0 Å². The Morgan fingerprint density at radius 3 is 2.50 bits per heavy atom. The number of aliphatic hydroxyl groups is 2. The Labute approximate surface area is 163 Å². The van der Waals surface area contributed by atoms with Gasteiger partial charge in [0.1, 0.15) is 11.6 Å². The number of aryl methyl sites for hydroxylation is 1. The quantitative estimate of drug-likeness (QED) is 0.823. The minimum atomic E-state index is -0.629. The van der Waals surface area contributed by atoms with Crippen LogP contribution in [0.4, 0.5) is 8.78 Å². The number of ether oxygens (including phenoxy) is 1. The second-order valence-corrected chi connectivity index (χ2v) is 7.15. The Balaban J connectivity index is 1.94. The van der Waals surface area contributed by atoms with Crippen molar-refractivity contribution in [3.63, 3.8) is 0 Å². The molecule has 0 aromatic heterocycles. The highest BCUT2D eigenvalue weighted by atomic mass is 19.1. The molecule has 6 heteroatoms. The van der Waals surface area contributed by atoms with Crippen LogP contribution in [0.3, 0.4) is 0 Å². The number of nitrogens with zero attached hydrogens (tertiary/aromatic N) is 1. The molecule has 0 aliphatic carbocycles. The van der Waals surface area contributed by atoms with Crippen molar-refractivity contribution in [2.45, 2.75) is 50.9 Å². The molecule has 148 valence electrons. The topological polar surface area (TPSA) is 73.5 Å². The summed E-state index contributed by atoms with van der Waals surface area (Å²) in [6.07, 6.45) is -0.343. The van der Waals surface area contributed by atoms with Gasteiger partial charge in [0.05, 0.1) is 36.6 Å². The Morgan fingerprint density at radius 1 is 1.18 bits per heavy atom. The summed E-state index contributed by atoms with van der Waals surface area (Å²) in [5.74, 6) is -1.26. The fraction of sp³-hybridized carbons (Fsp3) is 0.409. The summed E-state index contributed by atoms with van der Waals surface area (Å²) in [6, 6.07) is 9.71. The van der Waals surface area contributed by atoms with E-state index in [-0.39, 0.29) is 18.6 Å². The van der Waals surface area contributed by atoms with Gasteiger partial charge in [0, 0.05) is 24.8 Å². The molecule has 3 atom stereocenters. The summed E-state index contributed by atoms with van der Waals surface area (Å²) >= 11 is 0. The number of nitriles is 1. The van der Waals surface area contributed by atoms with Gasteiger partial charge in [-0.05, 0) is 41.3 Å². The second-order valence-electron chi connectivity index (χ2n) is 7.15. The van der Waals surface area contributed by atoms with Crippen molar-refractivity contribution in [1.29, 1.82) is 5.26 Å². The number of hydrogen-bond acceptors (Lipinski definition) is 4. The average Bonchev–Trinajstić information content (AvgIpc) is 2.69. The van der Waals surface area contributed by atoms with E-state index in [4.69, 9.17) is 4.74 Å². The van der Waals surface area contributed by atoms with Gasteiger partial charge in [-0.25, -0.2) is 8.78 Å². The van der Waals surface area contributed by atoms with Crippen molar-refractivity contribution in [3.05, 3.63) is 69.8 Å². The van der Waals surface area contributed by atoms with Crippen LogP contribution in [0.1, 0.15) is 53.7 Å². The van der Waals surface area contributed by atoms with Crippen LogP contribution in [-0.4, -0.2) is 29.0 Å².